The number of nitrogens with zero attached hydrogens (tertiary/aromatic N) is 1. The van der Waals surface area contributed by atoms with Gasteiger partial charge in [0.25, 0.3) is 5.91 Å². The second-order valence-electron chi connectivity index (χ2n) is 6.88. The molecule has 1 N–H and O–H groups in total. The Labute approximate surface area is 191 Å². The maximum absolute atomic E-state index is 12.5. The van der Waals surface area contributed by atoms with Crippen LogP contribution in [-0.4, -0.2) is 11.1 Å². The Morgan fingerprint density at radius 1 is 1.00 bits per heavy atom. The van der Waals surface area contributed by atoms with Gasteiger partial charge in [-0.3, -0.25) is 4.79 Å². The Morgan fingerprint density at radius 2 is 1.71 bits per heavy atom. The molecule has 4 nitrogen and oxygen atoms in total. The Hall–Kier alpha value is -3.02. The van der Waals surface area contributed by atoms with Crippen LogP contribution in [-0.2, 0) is 17.8 Å². The van der Waals surface area contributed by atoms with Gasteiger partial charge in [0.2, 0.25) is 0 Å². The molecule has 4 rings (SSSR count). The van der Waals surface area contributed by atoms with Crippen molar-refractivity contribution in [3.05, 3.63) is 99.4 Å². The summed E-state index contributed by atoms with van der Waals surface area (Å²) < 4.78 is 6.00. The summed E-state index contributed by atoms with van der Waals surface area (Å²) in [4.78, 5) is 17.7. The van der Waals surface area contributed by atoms with Gasteiger partial charge in [-0.1, -0.05) is 73.1 Å². The first-order chi connectivity index (χ1) is 15.1. The summed E-state index contributed by atoms with van der Waals surface area (Å²) in [5.41, 5.74) is 3.74. The lowest BCUT2D eigenvalue weighted by molar-refractivity contribution is -0.115. The van der Waals surface area contributed by atoms with Gasteiger partial charge in [-0.2, -0.15) is 0 Å². The number of hydrogen-bond donors (Lipinski definition) is 1. The van der Waals surface area contributed by atoms with Crippen molar-refractivity contribution >= 4 is 46.2 Å². The van der Waals surface area contributed by atoms with Crippen LogP contribution >= 0.6 is 23.4 Å². The minimum atomic E-state index is -0.168. The van der Waals surface area contributed by atoms with E-state index in [0.717, 1.165) is 28.8 Å². The number of nitrogens with one attached hydrogen (secondary N) is 1. The summed E-state index contributed by atoms with van der Waals surface area (Å²) in [7, 11) is 0. The molecule has 31 heavy (non-hydrogen) atoms. The molecule has 1 fully saturated rings. The SMILES string of the molecule is CCc1ccccc1N=C1NC(=O)/C(=C/c2ccccc2OCc2ccccc2Cl)S1. The van der Waals surface area contributed by atoms with Gasteiger partial charge in [-0.15, -0.1) is 0 Å². The van der Waals surface area contributed by atoms with Crippen LogP contribution in [0.1, 0.15) is 23.6 Å². The molecule has 0 aliphatic carbocycles. The molecule has 0 bridgehead atoms. The summed E-state index contributed by atoms with van der Waals surface area (Å²) in [6, 6.07) is 23.1. The number of halogens is 1. The Kier molecular flexibility index (Phi) is 6.75. The molecule has 1 saturated heterocycles. The number of aliphatic imine (C=N–C) groups is 1. The van der Waals surface area contributed by atoms with Crippen molar-refractivity contribution < 1.29 is 9.53 Å². The van der Waals surface area contributed by atoms with Crippen LogP contribution in [0.3, 0.4) is 0 Å². The van der Waals surface area contributed by atoms with Crippen LogP contribution in [0.4, 0.5) is 5.69 Å². The quantitative estimate of drug-likeness (QED) is 0.445. The lowest BCUT2D eigenvalue weighted by Gasteiger charge is -2.10. The third kappa shape index (κ3) is 5.19. The number of ether oxygens (including phenoxy) is 1. The summed E-state index contributed by atoms with van der Waals surface area (Å²) in [6.07, 6.45) is 2.71. The van der Waals surface area contributed by atoms with Crippen LogP contribution in [0.25, 0.3) is 6.08 Å². The van der Waals surface area contributed by atoms with E-state index in [2.05, 4.69) is 17.2 Å². The molecule has 0 saturated carbocycles. The summed E-state index contributed by atoms with van der Waals surface area (Å²) in [5, 5.41) is 4.10. The molecule has 3 aromatic rings. The average molecular weight is 449 g/mol. The van der Waals surface area contributed by atoms with Gasteiger partial charge >= 0.3 is 0 Å². The predicted octanol–water partition coefficient (Wildman–Crippen LogP) is 6.37. The highest BCUT2D eigenvalue weighted by Crippen LogP contribution is 2.32. The van der Waals surface area contributed by atoms with E-state index in [1.165, 1.54) is 11.8 Å². The summed E-state index contributed by atoms with van der Waals surface area (Å²) in [6.45, 7) is 2.43. The molecule has 0 atom stereocenters. The van der Waals surface area contributed by atoms with E-state index in [9.17, 15) is 4.79 Å². The first-order valence-electron chi connectivity index (χ1n) is 9.96. The van der Waals surface area contributed by atoms with Crippen molar-refractivity contribution in [1.29, 1.82) is 0 Å². The van der Waals surface area contributed by atoms with Crippen LogP contribution in [0.5, 0.6) is 5.75 Å². The van der Waals surface area contributed by atoms with Gasteiger partial charge in [0.1, 0.15) is 12.4 Å². The van der Waals surface area contributed by atoms with Gasteiger partial charge < -0.3 is 10.1 Å². The Bertz CT molecular complexity index is 1170. The number of thioether (sulfide) groups is 1. The normalized spacial score (nSPS) is 16.0. The molecule has 1 heterocycles. The van der Waals surface area contributed by atoms with E-state index in [4.69, 9.17) is 16.3 Å². The molecule has 0 aromatic heterocycles. The second kappa shape index (κ2) is 9.86. The van der Waals surface area contributed by atoms with Gasteiger partial charge in [-0.25, -0.2) is 4.99 Å². The standard InChI is InChI=1S/C25H21ClN2O2S/c1-2-17-9-4-7-13-21(17)27-25-28-24(29)23(31-25)15-18-10-5-8-14-22(18)30-16-19-11-3-6-12-20(19)26/h3-15H,2,16H2,1H3,(H,27,28,29)/b23-15-. The Morgan fingerprint density at radius 3 is 2.52 bits per heavy atom. The molecule has 0 radical (unpaired) electrons. The third-order valence-corrected chi connectivity index (χ3v) is 6.07. The highest BCUT2D eigenvalue weighted by Gasteiger charge is 2.24. The van der Waals surface area contributed by atoms with Crippen molar-refractivity contribution in [3.8, 4) is 5.75 Å². The fraction of sp³-hybridized carbons (Fsp3) is 0.120. The molecule has 1 aliphatic rings. The molecular weight excluding hydrogens is 428 g/mol. The molecule has 0 spiro atoms. The van der Waals surface area contributed by atoms with E-state index in [-0.39, 0.29) is 5.91 Å². The van der Waals surface area contributed by atoms with Crippen LogP contribution in [0.15, 0.2) is 82.7 Å². The predicted molar refractivity (Wildman–Crippen MR) is 129 cm³/mol. The first-order valence-corrected chi connectivity index (χ1v) is 11.2. The molecule has 1 amide bonds. The van der Waals surface area contributed by atoms with Gasteiger partial charge in [0, 0.05) is 16.1 Å². The molecular formula is C25H21ClN2O2S. The van der Waals surface area contributed by atoms with Gasteiger partial charge in [0.05, 0.1) is 10.6 Å². The molecule has 0 unspecified atom stereocenters. The lowest BCUT2D eigenvalue weighted by Crippen LogP contribution is -2.19. The maximum atomic E-state index is 12.5. The van der Waals surface area contributed by atoms with E-state index in [1.54, 1.807) is 0 Å². The number of para-hydroxylation sites is 2. The maximum Gasteiger partial charge on any atom is 0.264 e. The van der Waals surface area contributed by atoms with Crippen molar-refractivity contribution in [1.82, 2.24) is 5.32 Å². The van der Waals surface area contributed by atoms with Crippen molar-refractivity contribution in [2.45, 2.75) is 20.0 Å². The van der Waals surface area contributed by atoms with Crippen molar-refractivity contribution in [2.24, 2.45) is 4.99 Å². The summed E-state index contributed by atoms with van der Waals surface area (Å²) >= 11 is 7.56. The topological polar surface area (TPSA) is 50.7 Å². The fourth-order valence-electron chi connectivity index (χ4n) is 3.15. The number of carbonyl (C=O) groups is 1. The fourth-order valence-corrected chi connectivity index (χ4v) is 4.17. The first kappa shape index (κ1) is 21.2. The smallest absolute Gasteiger partial charge is 0.264 e. The second-order valence-corrected chi connectivity index (χ2v) is 8.32. The van der Waals surface area contributed by atoms with Crippen molar-refractivity contribution in [2.75, 3.05) is 0 Å². The molecule has 156 valence electrons. The third-order valence-electron chi connectivity index (χ3n) is 4.79. The average Bonchev–Trinajstić information content (AvgIpc) is 3.13. The Balaban J connectivity index is 1.54. The van der Waals surface area contributed by atoms with E-state index < -0.39 is 0 Å². The van der Waals surface area contributed by atoms with Crippen molar-refractivity contribution in [3.63, 3.8) is 0 Å². The van der Waals surface area contributed by atoms with E-state index in [1.807, 2.05) is 78.9 Å². The minimum Gasteiger partial charge on any atom is -0.488 e. The number of benzene rings is 3. The molecule has 1 aliphatic heterocycles. The zero-order valence-electron chi connectivity index (χ0n) is 17.0. The molecule has 3 aromatic carbocycles. The zero-order valence-corrected chi connectivity index (χ0v) is 18.5. The number of aryl methyl sites for hydroxylation is 1. The molecule has 6 heteroatoms. The van der Waals surface area contributed by atoms with Crippen LogP contribution < -0.4 is 10.1 Å². The number of carbonyl (C=O) groups excluding carboxylic acids is 1. The monoisotopic (exact) mass is 448 g/mol. The number of rotatable bonds is 6. The summed E-state index contributed by atoms with van der Waals surface area (Å²) in [5.74, 6) is 0.517. The lowest BCUT2D eigenvalue weighted by atomic mass is 10.1. The van der Waals surface area contributed by atoms with E-state index in [0.29, 0.717) is 27.5 Å². The van der Waals surface area contributed by atoms with Gasteiger partial charge in [0.15, 0.2) is 5.17 Å². The number of amidine groups is 1. The largest absolute Gasteiger partial charge is 0.488 e. The van der Waals surface area contributed by atoms with Crippen LogP contribution in [0, 0.1) is 0 Å². The highest BCUT2D eigenvalue weighted by molar-refractivity contribution is 8.18. The van der Waals surface area contributed by atoms with E-state index >= 15 is 0 Å². The van der Waals surface area contributed by atoms with Crippen LogP contribution in [0.2, 0.25) is 5.02 Å². The minimum absolute atomic E-state index is 0.168. The zero-order chi connectivity index (χ0) is 21.6. The number of hydrogen-bond acceptors (Lipinski definition) is 4. The highest BCUT2D eigenvalue weighted by atomic mass is 35.5. The number of amides is 1. The van der Waals surface area contributed by atoms with Gasteiger partial charge in [-0.05, 0) is 48.0 Å².